The Hall–Kier alpha value is -6.38. The normalized spacial score (nSPS) is 12.5. The molecule has 2 nitrogen and oxygen atoms in total. The molecule has 0 aliphatic carbocycles. The average molecular weight is 618 g/mol. The van der Waals surface area contributed by atoms with Gasteiger partial charge in [-0.05, 0) is 93.3 Å². The minimum atomic E-state index is -0.120. The Kier molecular flexibility index (Phi) is 5.85. The minimum absolute atomic E-state index is 0.0971. The van der Waals surface area contributed by atoms with Gasteiger partial charge in [0, 0.05) is 33.2 Å². The molecule has 0 atom stereocenters. The highest BCUT2D eigenvalue weighted by molar-refractivity contribution is 6.19. The number of nitrogens with zero attached hydrogens (tertiary/aromatic N) is 1. The van der Waals surface area contributed by atoms with Crippen molar-refractivity contribution in [2.45, 2.75) is 0 Å². The monoisotopic (exact) mass is 617 g/mol. The summed E-state index contributed by atoms with van der Waals surface area (Å²) in [6.07, 6.45) is 0. The van der Waals surface area contributed by atoms with E-state index >= 15 is 0 Å². The van der Waals surface area contributed by atoms with Gasteiger partial charge in [0.25, 0.3) is 0 Å². The van der Waals surface area contributed by atoms with Gasteiger partial charge in [-0.1, -0.05) is 133 Å². The Bertz CT molecular complexity index is 2760. The first-order valence-electron chi connectivity index (χ1n) is 18.0. The van der Waals surface area contributed by atoms with Crippen molar-refractivity contribution in [1.29, 1.82) is 0 Å². The maximum atomic E-state index is 9.39. The standard InChI is InChI=1S/C46H31NO/c1-3-12-32(13-4-1)35-15-9-16-36(30-35)33-24-27-39(28-25-33)47(38-18-5-2-6-19-38)40-20-10-17-37(31-40)41-22-11-23-44-45(41)43-29-26-34-14-7-8-21-42(34)46(43)48-44/h1-31H/i24D,25D,27D,28D. The van der Waals surface area contributed by atoms with Crippen molar-refractivity contribution >= 4 is 49.8 Å². The lowest BCUT2D eigenvalue weighted by atomic mass is 9.97. The molecule has 0 bridgehead atoms. The predicted octanol–water partition coefficient (Wildman–Crippen LogP) is 13.2. The predicted molar refractivity (Wildman–Crippen MR) is 202 cm³/mol. The molecule has 9 aromatic rings. The highest BCUT2D eigenvalue weighted by Crippen LogP contribution is 2.42. The molecule has 226 valence electrons. The van der Waals surface area contributed by atoms with Gasteiger partial charge >= 0.3 is 0 Å². The molecule has 0 radical (unpaired) electrons. The molecule has 0 spiro atoms. The third-order valence-electron chi connectivity index (χ3n) is 8.91. The molecule has 1 heterocycles. The fourth-order valence-corrected chi connectivity index (χ4v) is 6.64. The van der Waals surface area contributed by atoms with E-state index in [1.54, 1.807) is 0 Å². The van der Waals surface area contributed by atoms with Crippen molar-refractivity contribution in [2.24, 2.45) is 0 Å². The summed E-state index contributed by atoms with van der Waals surface area (Å²) in [4.78, 5) is 1.83. The van der Waals surface area contributed by atoms with Crippen LogP contribution < -0.4 is 4.90 Å². The number of hydrogen-bond donors (Lipinski definition) is 0. The molecule has 0 aliphatic heterocycles. The fraction of sp³-hybridized carbons (Fsp3) is 0. The molecule has 48 heavy (non-hydrogen) atoms. The Morgan fingerprint density at radius 1 is 0.417 bits per heavy atom. The number of fused-ring (bicyclic) bond motifs is 5. The van der Waals surface area contributed by atoms with Crippen molar-refractivity contribution in [3.05, 3.63) is 188 Å². The highest BCUT2D eigenvalue weighted by atomic mass is 16.3. The van der Waals surface area contributed by atoms with Gasteiger partial charge in [0.15, 0.2) is 0 Å². The lowest BCUT2D eigenvalue weighted by molar-refractivity contribution is 0.673. The second-order valence-corrected chi connectivity index (χ2v) is 11.8. The maximum Gasteiger partial charge on any atom is 0.143 e. The number of para-hydroxylation sites is 1. The van der Waals surface area contributed by atoms with Crippen molar-refractivity contribution in [3.63, 3.8) is 0 Å². The van der Waals surface area contributed by atoms with Gasteiger partial charge in [-0.3, -0.25) is 0 Å². The summed E-state index contributed by atoms with van der Waals surface area (Å²) in [5, 5.41) is 4.22. The summed E-state index contributed by atoms with van der Waals surface area (Å²) in [7, 11) is 0. The van der Waals surface area contributed by atoms with Crippen LogP contribution in [0.25, 0.3) is 66.1 Å². The second-order valence-electron chi connectivity index (χ2n) is 11.8. The lowest BCUT2D eigenvalue weighted by Gasteiger charge is -2.26. The summed E-state index contributed by atoms with van der Waals surface area (Å²) in [6, 6.07) is 53.3. The molecule has 0 amide bonds. The Balaban J connectivity index is 1.22. The first-order chi connectivity index (χ1) is 25.5. The molecule has 0 saturated heterocycles. The fourth-order valence-electron chi connectivity index (χ4n) is 6.64. The SMILES string of the molecule is [2H]c1c([2H])c(N(c2ccccc2)c2cccc(-c3cccc4oc5c6ccccc6ccc5c34)c2)c([2H])c([2H])c1-c1cccc(-c2ccccc2)c1. The molecule has 9 rings (SSSR count). The van der Waals surface area contributed by atoms with E-state index in [9.17, 15) is 5.48 Å². The third kappa shape index (κ3) is 4.92. The zero-order valence-electron chi connectivity index (χ0n) is 29.9. The minimum Gasteiger partial charge on any atom is -0.455 e. The summed E-state index contributed by atoms with van der Waals surface area (Å²) in [6.45, 7) is 0. The molecule has 0 aliphatic rings. The third-order valence-corrected chi connectivity index (χ3v) is 8.91. The van der Waals surface area contributed by atoms with Crippen LogP contribution in [0, 0.1) is 0 Å². The van der Waals surface area contributed by atoms with Crippen molar-refractivity contribution in [2.75, 3.05) is 4.90 Å². The van der Waals surface area contributed by atoms with Crippen LogP contribution in [-0.4, -0.2) is 0 Å². The van der Waals surface area contributed by atoms with Crippen molar-refractivity contribution < 1.29 is 9.90 Å². The number of anilines is 3. The van der Waals surface area contributed by atoms with Gasteiger partial charge in [0.1, 0.15) is 11.2 Å². The van der Waals surface area contributed by atoms with E-state index in [4.69, 9.17) is 4.42 Å². The van der Waals surface area contributed by atoms with Crippen LogP contribution in [0.5, 0.6) is 0 Å². The van der Waals surface area contributed by atoms with Crippen LogP contribution in [0.2, 0.25) is 0 Å². The van der Waals surface area contributed by atoms with E-state index in [1.807, 2.05) is 132 Å². The summed E-state index contributed by atoms with van der Waals surface area (Å²) >= 11 is 0. The zero-order valence-corrected chi connectivity index (χ0v) is 25.9. The van der Waals surface area contributed by atoms with Gasteiger partial charge in [-0.25, -0.2) is 0 Å². The Labute approximate surface area is 285 Å². The Morgan fingerprint density at radius 2 is 1.06 bits per heavy atom. The molecule has 0 unspecified atom stereocenters. The second kappa shape index (κ2) is 11.8. The van der Waals surface area contributed by atoms with Crippen LogP contribution in [0.4, 0.5) is 17.1 Å². The largest absolute Gasteiger partial charge is 0.455 e. The molecule has 2 heteroatoms. The van der Waals surface area contributed by atoms with Gasteiger partial charge in [0.2, 0.25) is 0 Å². The van der Waals surface area contributed by atoms with Crippen LogP contribution in [-0.2, 0) is 0 Å². The van der Waals surface area contributed by atoms with Gasteiger partial charge in [-0.15, -0.1) is 0 Å². The molecule has 1 aromatic heterocycles. The smallest absolute Gasteiger partial charge is 0.143 e. The van der Waals surface area contributed by atoms with Crippen LogP contribution in [0.1, 0.15) is 5.48 Å². The van der Waals surface area contributed by atoms with E-state index in [1.165, 1.54) is 0 Å². The molecular weight excluding hydrogens is 583 g/mol. The topological polar surface area (TPSA) is 16.4 Å². The Morgan fingerprint density at radius 3 is 1.90 bits per heavy atom. The lowest BCUT2D eigenvalue weighted by Crippen LogP contribution is -2.09. The van der Waals surface area contributed by atoms with E-state index in [0.29, 0.717) is 11.3 Å². The van der Waals surface area contributed by atoms with E-state index < -0.39 is 0 Å². The quantitative estimate of drug-likeness (QED) is 0.185. The van der Waals surface area contributed by atoms with Gasteiger partial charge < -0.3 is 9.32 Å². The summed E-state index contributed by atoms with van der Waals surface area (Å²) < 4.78 is 43.8. The summed E-state index contributed by atoms with van der Waals surface area (Å²) in [5.41, 5.74) is 8.03. The van der Waals surface area contributed by atoms with Crippen molar-refractivity contribution in [3.8, 4) is 33.4 Å². The van der Waals surface area contributed by atoms with Gasteiger partial charge in [0.05, 0.1) is 5.48 Å². The van der Waals surface area contributed by atoms with E-state index in [-0.39, 0.29) is 35.4 Å². The molecular formula is C46H31NO. The molecule has 0 saturated carbocycles. The maximum absolute atomic E-state index is 9.39. The summed E-state index contributed by atoms with van der Waals surface area (Å²) in [5.74, 6) is 0. The highest BCUT2D eigenvalue weighted by Gasteiger charge is 2.17. The number of rotatable bonds is 6. The van der Waals surface area contributed by atoms with Crippen LogP contribution in [0.15, 0.2) is 192 Å². The number of furan rings is 1. The molecule has 0 fully saturated rings. The zero-order chi connectivity index (χ0) is 35.3. The van der Waals surface area contributed by atoms with E-state index in [2.05, 4.69) is 36.4 Å². The molecule has 8 aromatic carbocycles. The van der Waals surface area contributed by atoms with E-state index in [0.717, 1.165) is 60.7 Å². The van der Waals surface area contributed by atoms with Crippen LogP contribution in [0.3, 0.4) is 0 Å². The number of benzene rings is 8. The van der Waals surface area contributed by atoms with Crippen LogP contribution >= 0.6 is 0 Å². The van der Waals surface area contributed by atoms with Gasteiger partial charge in [-0.2, -0.15) is 0 Å². The molecule has 0 N–H and O–H groups in total. The first kappa shape index (κ1) is 23.9. The average Bonchev–Trinajstić information content (AvgIpc) is 3.59. The number of hydrogen-bond acceptors (Lipinski definition) is 2. The van der Waals surface area contributed by atoms with Crippen molar-refractivity contribution in [1.82, 2.24) is 0 Å². The first-order valence-corrected chi connectivity index (χ1v) is 16.0.